The lowest BCUT2D eigenvalue weighted by Gasteiger charge is -2.30. The molecule has 5 nitrogen and oxygen atoms in total. The van der Waals surface area contributed by atoms with E-state index in [0.717, 1.165) is 13.0 Å². The number of carbonyl (C=O) groups is 2. The van der Waals surface area contributed by atoms with E-state index in [-0.39, 0.29) is 17.9 Å². The third kappa shape index (κ3) is 5.80. The van der Waals surface area contributed by atoms with Crippen molar-refractivity contribution in [3.8, 4) is 0 Å². The number of rotatable bonds is 7. The molecule has 116 valence electrons. The van der Waals surface area contributed by atoms with Crippen molar-refractivity contribution in [2.24, 2.45) is 5.92 Å². The van der Waals surface area contributed by atoms with Gasteiger partial charge in [-0.15, -0.1) is 0 Å². The quantitative estimate of drug-likeness (QED) is 0.577. The first-order valence-electron chi connectivity index (χ1n) is 7.88. The average molecular weight is 284 g/mol. The van der Waals surface area contributed by atoms with Crippen molar-refractivity contribution in [3.05, 3.63) is 0 Å². The first kappa shape index (κ1) is 16.8. The number of urea groups is 1. The lowest BCUT2D eigenvalue weighted by molar-refractivity contribution is -0.149. The second kappa shape index (κ2) is 9.61. The summed E-state index contributed by atoms with van der Waals surface area (Å²) in [6, 6.07) is 0.00353. The number of amides is 2. The van der Waals surface area contributed by atoms with Crippen molar-refractivity contribution in [2.75, 3.05) is 26.2 Å². The second-order valence-electron chi connectivity index (χ2n) is 5.31. The monoisotopic (exact) mass is 284 g/mol. The lowest BCUT2D eigenvalue weighted by Crippen LogP contribution is -2.45. The third-order valence-corrected chi connectivity index (χ3v) is 3.71. The third-order valence-electron chi connectivity index (χ3n) is 3.71. The minimum atomic E-state index is -0.118. The van der Waals surface area contributed by atoms with Gasteiger partial charge in [0, 0.05) is 19.6 Å². The molecule has 5 heteroatoms. The fourth-order valence-electron chi connectivity index (χ4n) is 2.44. The van der Waals surface area contributed by atoms with E-state index in [2.05, 4.69) is 12.2 Å². The summed E-state index contributed by atoms with van der Waals surface area (Å²) < 4.78 is 5.02. The summed E-state index contributed by atoms with van der Waals surface area (Å²) in [5.74, 6) is -0.157. The highest BCUT2D eigenvalue weighted by Crippen LogP contribution is 2.18. The molecule has 0 radical (unpaired) electrons. The first-order valence-corrected chi connectivity index (χ1v) is 7.88. The number of hydrogen-bond donors (Lipinski definition) is 1. The zero-order valence-electron chi connectivity index (χ0n) is 12.8. The van der Waals surface area contributed by atoms with Gasteiger partial charge in [0.1, 0.15) is 0 Å². The van der Waals surface area contributed by atoms with Gasteiger partial charge in [-0.3, -0.25) is 4.79 Å². The van der Waals surface area contributed by atoms with Gasteiger partial charge in [0.15, 0.2) is 0 Å². The number of nitrogens with one attached hydrogen (secondary N) is 1. The molecule has 1 aliphatic rings. The highest BCUT2D eigenvalue weighted by molar-refractivity contribution is 5.75. The van der Waals surface area contributed by atoms with Gasteiger partial charge in [-0.2, -0.15) is 0 Å². The fourth-order valence-corrected chi connectivity index (χ4v) is 2.44. The summed E-state index contributed by atoms with van der Waals surface area (Å²) in [5, 5.41) is 2.95. The SMILES string of the molecule is CCCCCCNC(=O)N1CCC(C(=O)OCC)CC1. The molecule has 0 aromatic rings. The normalized spacial score (nSPS) is 16.0. The van der Waals surface area contributed by atoms with E-state index in [1.165, 1.54) is 19.3 Å². The van der Waals surface area contributed by atoms with E-state index in [9.17, 15) is 9.59 Å². The molecule has 0 aliphatic carbocycles. The fraction of sp³-hybridized carbons (Fsp3) is 0.867. The minimum absolute atomic E-state index is 0.00353. The van der Waals surface area contributed by atoms with Gasteiger partial charge in [-0.25, -0.2) is 4.79 Å². The minimum Gasteiger partial charge on any atom is -0.466 e. The van der Waals surface area contributed by atoms with Gasteiger partial charge in [0.2, 0.25) is 0 Å². The first-order chi connectivity index (χ1) is 9.69. The van der Waals surface area contributed by atoms with Gasteiger partial charge in [0.05, 0.1) is 12.5 Å². The highest BCUT2D eigenvalue weighted by Gasteiger charge is 2.27. The van der Waals surface area contributed by atoms with Crippen LogP contribution in [0.4, 0.5) is 4.79 Å². The van der Waals surface area contributed by atoms with Crippen molar-refractivity contribution < 1.29 is 14.3 Å². The maximum absolute atomic E-state index is 11.9. The lowest BCUT2D eigenvalue weighted by atomic mass is 9.97. The van der Waals surface area contributed by atoms with Gasteiger partial charge in [-0.05, 0) is 26.2 Å². The van der Waals surface area contributed by atoms with E-state index in [4.69, 9.17) is 4.74 Å². The Labute approximate surface area is 122 Å². The van der Waals surface area contributed by atoms with Crippen LogP contribution < -0.4 is 5.32 Å². The molecule has 1 rings (SSSR count). The molecule has 1 aliphatic heterocycles. The van der Waals surface area contributed by atoms with Crippen molar-refractivity contribution >= 4 is 12.0 Å². The van der Waals surface area contributed by atoms with Crippen LogP contribution in [-0.2, 0) is 9.53 Å². The van der Waals surface area contributed by atoms with Crippen LogP contribution in [0.25, 0.3) is 0 Å². The number of ether oxygens (including phenoxy) is 1. The molecular formula is C15H28N2O3. The van der Waals surface area contributed by atoms with Crippen LogP contribution in [0.1, 0.15) is 52.4 Å². The second-order valence-corrected chi connectivity index (χ2v) is 5.31. The van der Waals surface area contributed by atoms with Crippen LogP contribution in [0.2, 0.25) is 0 Å². The molecule has 0 unspecified atom stereocenters. The number of unbranched alkanes of at least 4 members (excludes halogenated alkanes) is 3. The van der Waals surface area contributed by atoms with E-state index in [1.54, 1.807) is 4.90 Å². The van der Waals surface area contributed by atoms with E-state index < -0.39 is 0 Å². The van der Waals surface area contributed by atoms with Crippen LogP contribution in [0.15, 0.2) is 0 Å². The summed E-state index contributed by atoms with van der Waals surface area (Å²) in [5.41, 5.74) is 0. The Kier molecular flexibility index (Phi) is 8.07. The maximum atomic E-state index is 11.9. The summed E-state index contributed by atoms with van der Waals surface area (Å²) in [6.07, 6.45) is 6.06. The zero-order valence-corrected chi connectivity index (χ0v) is 12.8. The molecule has 1 saturated heterocycles. The van der Waals surface area contributed by atoms with Gasteiger partial charge >= 0.3 is 12.0 Å². The van der Waals surface area contributed by atoms with Crippen LogP contribution >= 0.6 is 0 Å². The Balaban J connectivity index is 2.17. The number of hydrogen-bond acceptors (Lipinski definition) is 3. The highest BCUT2D eigenvalue weighted by atomic mass is 16.5. The smallest absolute Gasteiger partial charge is 0.317 e. The predicted molar refractivity (Wildman–Crippen MR) is 78.5 cm³/mol. The molecule has 0 aromatic carbocycles. The van der Waals surface area contributed by atoms with E-state index in [0.29, 0.717) is 32.5 Å². The van der Waals surface area contributed by atoms with Crippen LogP contribution in [0.3, 0.4) is 0 Å². The Morgan fingerprint density at radius 3 is 2.45 bits per heavy atom. The molecule has 20 heavy (non-hydrogen) atoms. The molecule has 0 bridgehead atoms. The van der Waals surface area contributed by atoms with E-state index in [1.807, 2.05) is 6.92 Å². The molecule has 1 N–H and O–H groups in total. The summed E-state index contributed by atoms with van der Waals surface area (Å²) in [7, 11) is 0. The topological polar surface area (TPSA) is 58.6 Å². The predicted octanol–water partition coefficient (Wildman–Crippen LogP) is 2.55. The molecule has 1 heterocycles. The zero-order chi connectivity index (χ0) is 14.8. The van der Waals surface area contributed by atoms with Crippen LogP contribution in [0.5, 0.6) is 0 Å². The standard InChI is InChI=1S/C15H28N2O3/c1-3-5-6-7-10-16-15(19)17-11-8-13(9-12-17)14(18)20-4-2/h13H,3-12H2,1-2H3,(H,16,19). The molecule has 0 saturated carbocycles. The average Bonchev–Trinajstić information content (AvgIpc) is 2.47. The number of nitrogens with zero attached hydrogens (tertiary/aromatic N) is 1. The molecule has 0 aromatic heterocycles. The number of likely N-dealkylation sites (tertiary alicyclic amines) is 1. The molecule has 2 amide bonds. The van der Waals surface area contributed by atoms with Crippen LogP contribution in [-0.4, -0.2) is 43.1 Å². The Morgan fingerprint density at radius 2 is 1.85 bits per heavy atom. The van der Waals surface area contributed by atoms with Gasteiger partial charge < -0.3 is 15.0 Å². The maximum Gasteiger partial charge on any atom is 0.317 e. The largest absolute Gasteiger partial charge is 0.466 e. The summed E-state index contributed by atoms with van der Waals surface area (Å²) in [6.45, 7) is 6.45. The Bertz CT molecular complexity index is 299. The molecular weight excluding hydrogens is 256 g/mol. The number of piperidine rings is 1. The Morgan fingerprint density at radius 1 is 1.15 bits per heavy atom. The van der Waals surface area contributed by atoms with Crippen molar-refractivity contribution in [2.45, 2.75) is 52.4 Å². The van der Waals surface area contributed by atoms with Gasteiger partial charge in [0.25, 0.3) is 0 Å². The molecule has 0 spiro atoms. The molecule has 1 fully saturated rings. The molecule has 0 atom stereocenters. The summed E-state index contributed by atoms with van der Waals surface area (Å²) >= 11 is 0. The Hall–Kier alpha value is -1.26. The number of carbonyl (C=O) groups excluding carboxylic acids is 2. The summed E-state index contributed by atoms with van der Waals surface area (Å²) in [4.78, 5) is 25.3. The van der Waals surface area contributed by atoms with Crippen molar-refractivity contribution in [1.82, 2.24) is 10.2 Å². The van der Waals surface area contributed by atoms with Crippen molar-refractivity contribution in [3.63, 3.8) is 0 Å². The van der Waals surface area contributed by atoms with Crippen molar-refractivity contribution in [1.29, 1.82) is 0 Å². The van der Waals surface area contributed by atoms with Gasteiger partial charge in [-0.1, -0.05) is 26.2 Å². The number of esters is 1. The van der Waals surface area contributed by atoms with Crippen LogP contribution in [0, 0.1) is 5.92 Å². The van der Waals surface area contributed by atoms with E-state index >= 15 is 0 Å².